The van der Waals surface area contributed by atoms with Crippen molar-refractivity contribution >= 4 is 15.9 Å². The fourth-order valence-corrected chi connectivity index (χ4v) is 2.64. The van der Waals surface area contributed by atoms with Gasteiger partial charge in [0.05, 0.1) is 13.2 Å². The van der Waals surface area contributed by atoms with Crippen molar-refractivity contribution in [3.63, 3.8) is 0 Å². The molecular formula is C19H20BrN3O2. The first-order valence-electron chi connectivity index (χ1n) is 8.15. The normalized spacial score (nSPS) is 11.0. The molecule has 0 spiro atoms. The maximum Gasteiger partial charge on any atom is 0.247 e. The van der Waals surface area contributed by atoms with E-state index in [1.54, 1.807) is 0 Å². The second-order valence-electron chi connectivity index (χ2n) is 5.76. The van der Waals surface area contributed by atoms with E-state index in [2.05, 4.69) is 31.0 Å². The number of aromatic nitrogens is 2. The summed E-state index contributed by atoms with van der Waals surface area (Å²) in [5, 5.41) is 8.25. The largest absolute Gasteiger partial charge is 0.494 e. The summed E-state index contributed by atoms with van der Waals surface area (Å²) in [7, 11) is 2.03. The van der Waals surface area contributed by atoms with Gasteiger partial charge in [0, 0.05) is 16.6 Å². The number of ether oxygens (including phenoxy) is 1. The minimum Gasteiger partial charge on any atom is -0.494 e. The maximum atomic E-state index is 5.75. The molecule has 0 fully saturated rings. The number of hydrogen-bond donors (Lipinski definition) is 0. The van der Waals surface area contributed by atoms with E-state index in [1.807, 2.05) is 61.6 Å². The van der Waals surface area contributed by atoms with Crippen LogP contribution in [0.4, 0.5) is 0 Å². The number of para-hydroxylation sites is 1. The van der Waals surface area contributed by atoms with Crippen LogP contribution in [0.15, 0.2) is 63.5 Å². The second kappa shape index (κ2) is 8.78. The van der Waals surface area contributed by atoms with Gasteiger partial charge in [-0.15, -0.1) is 10.2 Å². The smallest absolute Gasteiger partial charge is 0.247 e. The summed E-state index contributed by atoms with van der Waals surface area (Å²) < 4.78 is 12.5. The third kappa shape index (κ3) is 5.41. The van der Waals surface area contributed by atoms with E-state index in [9.17, 15) is 0 Å². The molecule has 2 aromatic carbocycles. The Hall–Kier alpha value is -2.18. The summed E-state index contributed by atoms with van der Waals surface area (Å²) in [4.78, 5) is 2.15. The third-order valence-corrected chi connectivity index (χ3v) is 4.19. The maximum absolute atomic E-state index is 5.75. The van der Waals surface area contributed by atoms with Gasteiger partial charge < -0.3 is 9.15 Å². The Kier molecular flexibility index (Phi) is 6.19. The highest BCUT2D eigenvalue weighted by atomic mass is 79.9. The fourth-order valence-electron chi connectivity index (χ4n) is 2.38. The van der Waals surface area contributed by atoms with E-state index < -0.39 is 0 Å². The van der Waals surface area contributed by atoms with Crippen LogP contribution in [-0.2, 0) is 6.54 Å². The Balaban J connectivity index is 1.43. The van der Waals surface area contributed by atoms with Crippen LogP contribution in [0.2, 0.25) is 0 Å². The summed E-state index contributed by atoms with van der Waals surface area (Å²) in [5.41, 5.74) is 0.917. The van der Waals surface area contributed by atoms with Crippen molar-refractivity contribution in [1.82, 2.24) is 15.1 Å². The van der Waals surface area contributed by atoms with Crippen LogP contribution in [0, 0.1) is 0 Å². The molecule has 5 nitrogen and oxygen atoms in total. The molecule has 0 amide bonds. The van der Waals surface area contributed by atoms with Crippen LogP contribution < -0.4 is 4.74 Å². The van der Waals surface area contributed by atoms with Crippen molar-refractivity contribution in [2.24, 2.45) is 0 Å². The number of halogens is 1. The van der Waals surface area contributed by atoms with E-state index in [1.165, 1.54) is 0 Å². The second-order valence-corrected chi connectivity index (χ2v) is 6.68. The molecule has 1 aromatic heterocycles. The lowest BCUT2D eigenvalue weighted by Gasteiger charge is -2.14. The molecule has 0 aliphatic heterocycles. The van der Waals surface area contributed by atoms with Gasteiger partial charge in [0.25, 0.3) is 0 Å². The van der Waals surface area contributed by atoms with Gasteiger partial charge in [-0.1, -0.05) is 34.1 Å². The van der Waals surface area contributed by atoms with Crippen molar-refractivity contribution in [2.45, 2.75) is 13.0 Å². The van der Waals surface area contributed by atoms with Crippen LogP contribution in [0.5, 0.6) is 5.75 Å². The zero-order chi connectivity index (χ0) is 17.5. The Labute approximate surface area is 155 Å². The van der Waals surface area contributed by atoms with Crippen LogP contribution in [-0.4, -0.2) is 35.3 Å². The Morgan fingerprint density at radius 1 is 1.04 bits per heavy atom. The minimum absolute atomic E-state index is 0.545. The molecule has 0 bridgehead atoms. The van der Waals surface area contributed by atoms with Crippen LogP contribution in [0.25, 0.3) is 11.5 Å². The Morgan fingerprint density at radius 2 is 1.80 bits per heavy atom. The SMILES string of the molecule is CN(CCCOc1ccccc1)Cc1nnc(-c2ccc(Br)cc2)o1. The van der Waals surface area contributed by atoms with Crippen LogP contribution in [0.3, 0.4) is 0 Å². The zero-order valence-electron chi connectivity index (χ0n) is 14.1. The highest BCUT2D eigenvalue weighted by Crippen LogP contribution is 2.20. The van der Waals surface area contributed by atoms with E-state index in [-0.39, 0.29) is 0 Å². The monoisotopic (exact) mass is 401 g/mol. The summed E-state index contributed by atoms with van der Waals surface area (Å²) >= 11 is 3.42. The van der Waals surface area contributed by atoms with E-state index in [4.69, 9.17) is 9.15 Å². The van der Waals surface area contributed by atoms with Gasteiger partial charge in [-0.25, -0.2) is 0 Å². The summed E-state index contributed by atoms with van der Waals surface area (Å²) in [5.74, 6) is 2.06. The summed E-state index contributed by atoms with van der Waals surface area (Å²) in [6.45, 7) is 2.19. The molecule has 0 aliphatic rings. The lowest BCUT2D eigenvalue weighted by atomic mass is 10.2. The molecule has 0 saturated carbocycles. The predicted molar refractivity (Wildman–Crippen MR) is 100 cm³/mol. The van der Waals surface area contributed by atoms with Gasteiger partial charge in [0.2, 0.25) is 11.8 Å². The fraction of sp³-hybridized carbons (Fsp3) is 0.263. The third-order valence-electron chi connectivity index (χ3n) is 3.66. The average Bonchev–Trinajstić information content (AvgIpc) is 3.09. The minimum atomic E-state index is 0.545. The van der Waals surface area contributed by atoms with Gasteiger partial charge in [-0.3, -0.25) is 4.90 Å². The van der Waals surface area contributed by atoms with E-state index >= 15 is 0 Å². The van der Waals surface area contributed by atoms with Crippen molar-refractivity contribution in [3.8, 4) is 17.2 Å². The van der Waals surface area contributed by atoms with Gasteiger partial charge in [-0.2, -0.15) is 0 Å². The Morgan fingerprint density at radius 3 is 2.56 bits per heavy atom. The first kappa shape index (κ1) is 17.6. The number of nitrogens with zero attached hydrogens (tertiary/aromatic N) is 3. The van der Waals surface area contributed by atoms with Crippen molar-refractivity contribution in [3.05, 3.63) is 65.0 Å². The van der Waals surface area contributed by atoms with Crippen LogP contribution >= 0.6 is 15.9 Å². The number of benzene rings is 2. The van der Waals surface area contributed by atoms with Crippen LogP contribution in [0.1, 0.15) is 12.3 Å². The van der Waals surface area contributed by atoms with Gasteiger partial charge in [0.15, 0.2) is 0 Å². The molecule has 0 radical (unpaired) electrons. The average molecular weight is 402 g/mol. The molecule has 0 N–H and O–H groups in total. The molecule has 0 unspecified atom stereocenters. The topological polar surface area (TPSA) is 51.4 Å². The lowest BCUT2D eigenvalue weighted by Crippen LogP contribution is -2.21. The summed E-state index contributed by atoms with van der Waals surface area (Å²) in [6, 6.07) is 17.7. The van der Waals surface area contributed by atoms with E-state index in [0.29, 0.717) is 24.9 Å². The molecule has 0 saturated heterocycles. The van der Waals surface area contributed by atoms with Gasteiger partial charge in [0.1, 0.15) is 5.75 Å². The highest BCUT2D eigenvalue weighted by molar-refractivity contribution is 9.10. The standard InChI is InChI=1S/C19H20BrN3O2/c1-23(12-5-13-24-17-6-3-2-4-7-17)14-18-21-22-19(25-18)15-8-10-16(20)11-9-15/h2-4,6-11H,5,12-14H2,1H3. The molecule has 1 heterocycles. The van der Waals surface area contributed by atoms with E-state index in [0.717, 1.165) is 28.8 Å². The highest BCUT2D eigenvalue weighted by Gasteiger charge is 2.10. The first-order chi connectivity index (χ1) is 12.2. The zero-order valence-corrected chi connectivity index (χ0v) is 15.6. The molecule has 0 aliphatic carbocycles. The Bertz CT molecular complexity index is 775. The molecule has 130 valence electrons. The molecule has 25 heavy (non-hydrogen) atoms. The number of rotatable bonds is 8. The lowest BCUT2D eigenvalue weighted by molar-refractivity contribution is 0.245. The van der Waals surface area contributed by atoms with Crippen molar-refractivity contribution in [2.75, 3.05) is 20.2 Å². The molecule has 6 heteroatoms. The molecule has 3 aromatic rings. The number of hydrogen-bond acceptors (Lipinski definition) is 5. The van der Waals surface area contributed by atoms with Crippen molar-refractivity contribution in [1.29, 1.82) is 0 Å². The predicted octanol–water partition coefficient (Wildman–Crippen LogP) is 4.40. The van der Waals surface area contributed by atoms with Gasteiger partial charge in [-0.05, 0) is 49.9 Å². The molecular weight excluding hydrogens is 382 g/mol. The molecule has 0 atom stereocenters. The summed E-state index contributed by atoms with van der Waals surface area (Å²) in [6.07, 6.45) is 0.930. The first-order valence-corrected chi connectivity index (χ1v) is 8.95. The van der Waals surface area contributed by atoms with Gasteiger partial charge >= 0.3 is 0 Å². The molecule has 3 rings (SSSR count). The quantitative estimate of drug-likeness (QED) is 0.523. The van der Waals surface area contributed by atoms with Crippen molar-refractivity contribution < 1.29 is 9.15 Å².